The van der Waals surface area contributed by atoms with Gasteiger partial charge in [0.1, 0.15) is 17.6 Å². The lowest BCUT2D eigenvalue weighted by Gasteiger charge is -2.16. The second-order valence-corrected chi connectivity index (χ2v) is 5.35. The van der Waals surface area contributed by atoms with Crippen molar-refractivity contribution in [3.63, 3.8) is 0 Å². The summed E-state index contributed by atoms with van der Waals surface area (Å²) in [4.78, 5) is 4.11. The number of halogens is 1. The van der Waals surface area contributed by atoms with Crippen molar-refractivity contribution in [3.05, 3.63) is 52.8 Å². The summed E-state index contributed by atoms with van der Waals surface area (Å²) in [6.07, 6.45) is 2.41. The van der Waals surface area contributed by atoms with Gasteiger partial charge in [0.05, 0.1) is 19.4 Å². The lowest BCUT2D eigenvalue weighted by molar-refractivity contribution is 0.211. The van der Waals surface area contributed by atoms with E-state index in [2.05, 4.69) is 4.98 Å². The van der Waals surface area contributed by atoms with Crippen LogP contribution in [0, 0.1) is 0 Å². The van der Waals surface area contributed by atoms with Crippen molar-refractivity contribution in [2.24, 2.45) is 0 Å². The zero-order chi connectivity index (χ0) is 15.4. The Kier molecular flexibility index (Phi) is 5.04. The summed E-state index contributed by atoms with van der Waals surface area (Å²) >= 11 is 5.93. The van der Waals surface area contributed by atoms with Crippen LogP contribution in [0.2, 0.25) is 5.02 Å². The van der Waals surface area contributed by atoms with Crippen LogP contribution in [0.3, 0.4) is 0 Å². The van der Waals surface area contributed by atoms with E-state index >= 15 is 0 Å². The topological polar surface area (TPSA) is 51.6 Å². The normalized spacial score (nSPS) is 12.3. The van der Waals surface area contributed by atoms with Gasteiger partial charge in [0, 0.05) is 22.3 Å². The summed E-state index contributed by atoms with van der Waals surface area (Å²) in [6, 6.07) is 6.89. The number of hydrogen-bond donors (Lipinski definition) is 1. The minimum absolute atomic E-state index is 0.0456. The molecule has 0 bridgehead atoms. The molecule has 1 heterocycles. The third-order valence-electron chi connectivity index (χ3n) is 2.91. The van der Waals surface area contributed by atoms with Gasteiger partial charge < -0.3 is 14.6 Å². The number of pyridine rings is 1. The molecule has 1 atom stereocenters. The number of ether oxygens (including phenoxy) is 2. The third-order valence-corrected chi connectivity index (χ3v) is 3.15. The third kappa shape index (κ3) is 3.86. The minimum Gasteiger partial charge on any atom is -0.496 e. The van der Waals surface area contributed by atoms with Crippen molar-refractivity contribution in [3.8, 4) is 11.5 Å². The van der Waals surface area contributed by atoms with Crippen LogP contribution in [0.4, 0.5) is 0 Å². The molecule has 0 spiro atoms. The zero-order valence-corrected chi connectivity index (χ0v) is 13.0. The molecule has 5 heteroatoms. The van der Waals surface area contributed by atoms with Gasteiger partial charge in [-0.3, -0.25) is 4.98 Å². The average Bonchev–Trinajstić information content (AvgIpc) is 2.46. The number of methoxy groups -OCH3 is 1. The molecule has 0 aliphatic heterocycles. The van der Waals surface area contributed by atoms with E-state index in [1.54, 1.807) is 43.8 Å². The van der Waals surface area contributed by atoms with Crippen molar-refractivity contribution >= 4 is 11.6 Å². The number of nitrogens with zero attached hydrogens (tertiary/aromatic N) is 1. The maximum Gasteiger partial charge on any atom is 0.138 e. The fourth-order valence-corrected chi connectivity index (χ4v) is 2.17. The van der Waals surface area contributed by atoms with E-state index in [9.17, 15) is 5.11 Å². The van der Waals surface area contributed by atoms with Crippen LogP contribution in [0.15, 0.2) is 36.7 Å². The van der Waals surface area contributed by atoms with Crippen molar-refractivity contribution < 1.29 is 14.6 Å². The molecule has 112 valence electrons. The van der Waals surface area contributed by atoms with E-state index in [0.717, 1.165) is 0 Å². The maximum atomic E-state index is 10.5. The SMILES string of the molecule is COc1cc(Cl)ccc1C(O)c1cncc(OC(C)C)c1. The highest BCUT2D eigenvalue weighted by molar-refractivity contribution is 6.30. The van der Waals surface area contributed by atoms with Crippen molar-refractivity contribution in [1.82, 2.24) is 4.98 Å². The van der Waals surface area contributed by atoms with Crippen LogP contribution in [0.5, 0.6) is 11.5 Å². The first-order valence-corrected chi connectivity index (χ1v) is 7.02. The molecule has 2 aromatic rings. The first-order chi connectivity index (χ1) is 10.0. The van der Waals surface area contributed by atoms with Crippen LogP contribution in [-0.2, 0) is 0 Å². The van der Waals surface area contributed by atoms with E-state index in [4.69, 9.17) is 21.1 Å². The highest BCUT2D eigenvalue weighted by Gasteiger charge is 2.17. The molecule has 0 saturated carbocycles. The molecule has 1 aromatic heterocycles. The van der Waals surface area contributed by atoms with Gasteiger partial charge in [-0.2, -0.15) is 0 Å². The Labute approximate surface area is 129 Å². The molecule has 0 fully saturated rings. The van der Waals surface area contributed by atoms with Crippen molar-refractivity contribution in [1.29, 1.82) is 0 Å². The second-order valence-electron chi connectivity index (χ2n) is 4.91. The molecular weight excluding hydrogens is 290 g/mol. The summed E-state index contributed by atoms with van der Waals surface area (Å²) in [7, 11) is 1.54. The van der Waals surface area contributed by atoms with Crippen molar-refractivity contribution in [2.75, 3.05) is 7.11 Å². The Hall–Kier alpha value is -1.78. The van der Waals surface area contributed by atoms with Gasteiger partial charge >= 0.3 is 0 Å². The molecule has 21 heavy (non-hydrogen) atoms. The van der Waals surface area contributed by atoms with Crippen LogP contribution in [0.1, 0.15) is 31.1 Å². The smallest absolute Gasteiger partial charge is 0.138 e. The largest absolute Gasteiger partial charge is 0.496 e. The molecule has 4 nitrogen and oxygen atoms in total. The highest BCUT2D eigenvalue weighted by Crippen LogP contribution is 2.32. The monoisotopic (exact) mass is 307 g/mol. The van der Waals surface area contributed by atoms with Gasteiger partial charge in [-0.1, -0.05) is 17.7 Å². The number of aromatic nitrogens is 1. The molecule has 0 aliphatic rings. The maximum absolute atomic E-state index is 10.5. The molecule has 0 saturated heterocycles. The Morgan fingerprint density at radius 2 is 1.95 bits per heavy atom. The summed E-state index contributed by atoms with van der Waals surface area (Å²) < 4.78 is 10.9. The van der Waals surface area contributed by atoms with Gasteiger partial charge in [-0.15, -0.1) is 0 Å². The van der Waals surface area contributed by atoms with Crippen LogP contribution < -0.4 is 9.47 Å². The fraction of sp³-hybridized carbons (Fsp3) is 0.312. The molecular formula is C16H18ClNO3. The van der Waals surface area contributed by atoms with E-state index < -0.39 is 6.10 Å². The number of benzene rings is 1. The van der Waals surface area contributed by atoms with Gasteiger partial charge in [0.25, 0.3) is 0 Å². The summed E-state index contributed by atoms with van der Waals surface area (Å²) in [5.41, 5.74) is 1.26. The fourth-order valence-electron chi connectivity index (χ4n) is 2.01. The number of hydrogen-bond acceptors (Lipinski definition) is 4. The minimum atomic E-state index is -0.861. The summed E-state index contributed by atoms with van der Waals surface area (Å²) in [5, 5.41) is 11.1. The molecule has 1 unspecified atom stereocenters. The van der Waals surface area contributed by atoms with Gasteiger partial charge in [0.2, 0.25) is 0 Å². The van der Waals surface area contributed by atoms with Crippen LogP contribution in [0.25, 0.3) is 0 Å². The van der Waals surface area contributed by atoms with Crippen LogP contribution >= 0.6 is 11.6 Å². The van der Waals surface area contributed by atoms with E-state index in [1.807, 2.05) is 13.8 Å². The summed E-state index contributed by atoms with van der Waals surface area (Å²) in [5.74, 6) is 1.15. The number of aliphatic hydroxyl groups excluding tert-OH is 1. The predicted octanol–water partition coefficient (Wildman–Crippen LogP) is 3.61. The van der Waals surface area contributed by atoms with Crippen molar-refractivity contribution in [2.45, 2.75) is 26.1 Å². The number of aliphatic hydroxyl groups is 1. The molecule has 1 aromatic carbocycles. The van der Waals surface area contributed by atoms with Gasteiger partial charge in [0.15, 0.2) is 0 Å². The molecule has 0 radical (unpaired) electrons. The summed E-state index contributed by atoms with van der Waals surface area (Å²) in [6.45, 7) is 3.87. The average molecular weight is 308 g/mol. The first-order valence-electron chi connectivity index (χ1n) is 6.64. The predicted molar refractivity (Wildman–Crippen MR) is 82.1 cm³/mol. The van der Waals surface area contributed by atoms with E-state index in [-0.39, 0.29) is 6.10 Å². The molecule has 0 aliphatic carbocycles. The van der Waals surface area contributed by atoms with Gasteiger partial charge in [-0.25, -0.2) is 0 Å². The highest BCUT2D eigenvalue weighted by atomic mass is 35.5. The van der Waals surface area contributed by atoms with Gasteiger partial charge in [-0.05, 0) is 32.0 Å². The quantitative estimate of drug-likeness (QED) is 0.916. The second kappa shape index (κ2) is 6.78. The lowest BCUT2D eigenvalue weighted by atomic mass is 10.0. The Morgan fingerprint density at radius 3 is 2.62 bits per heavy atom. The van der Waals surface area contributed by atoms with Crippen LogP contribution in [-0.4, -0.2) is 23.3 Å². The number of rotatable bonds is 5. The standard InChI is InChI=1S/C16H18ClNO3/c1-10(2)21-13-6-11(8-18-9-13)16(19)14-5-4-12(17)7-15(14)20-3/h4-10,16,19H,1-3H3. The van der Waals surface area contributed by atoms with E-state index in [1.165, 1.54) is 0 Å². The molecule has 2 rings (SSSR count). The molecule has 0 amide bonds. The van der Waals surface area contributed by atoms with E-state index in [0.29, 0.717) is 27.6 Å². The Bertz CT molecular complexity index is 616. The Balaban J connectivity index is 2.33. The Morgan fingerprint density at radius 1 is 1.19 bits per heavy atom. The first kappa shape index (κ1) is 15.6. The lowest BCUT2D eigenvalue weighted by Crippen LogP contribution is -2.07. The zero-order valence-electron chi connectivity index (χ0n) is 12.2. The molecule has 1 N–H and O–H groups in total.